The van der Waals surface area contributed by atoms with Gasteiger partial charge in [-0.05, 0) is 38.8 Å². The normalized spacial score (nSPS) is 18.1. The summed E-state index contributed by atoms with van der Waals surface area (Å²) in [7, 11) is 0. The van der Waals surface area contributed by atoms with Gasteiger partial charge in [0.25, 0.3) is 0 Å². The summed E-state index contributed by atoms with van der Waals surface area (Å²) in [5.41, 5.74) is 2.51. The second kappa shape index (κ2) is 5.67. The fourth-order valence-corrected chi connectivity index (χ4v) is 2.72. The van der Waals surface area contributed by atoms with E-state index in [0.29, 0.717) is 6.04 Å². The summed E-state index contributed by atoms with van der Waals surface area (Å²) < 4.78 is 2.15. The molecular weight excluding hydrogens is 210 g/mol. The molecule has 3 nitrogen and oxygen atoms in total. The Balaban J connectivity index is 2.11. The number of aryl methyl sites for hydroxylation is 2. The van der Waals surface area contributed by atoms with Gasteiger partial charge in [0.15, 0.2) is 0 Å². The zero-order valence-electron chi connectivity index (χ0n) is 11.4. The number of nitrogens with one attached hydrogen (secondary N) is 1. The largest absolute Gasteiger partial charge is 0.309 e. The summed E-state index contributed by atoms with van der Waals surface area (Å²) in [4.78, 5) is 0. The van der Waals surface area contributed by atoms with Crippen LogP contribution in [0.3, 0.4) is 0 Å². The molecule has 1 aliphatic rings. The number of hydrogen-bond donors (Lipinski definition) is 1. The van der Waals surface area contributed by atoms with Gasteiger partial charge in [-0.1, -0.05) is 26.2 Å². The monoisotopic (exact) mass is 235 g/mol. The highest BCUT2D eigenvalue weighted by Crippen LogP contribution is 2.34. The van der Waals surface area contributed by atoms with Crippen LogP contribution >= 0.6 is 0 Å². The van der Waals surface area contributed by atoms with Crippen LogP contribution in [0.15, 0.2) is 6.07 Å². The first kappa shape index (κ1) is 12.6. The van der Waals surface area contributed by atoms with E-state index in [1.807, 2.05) is 0 Å². The highest BCUT2D eigenvalue weighted by molar-refractivity contribution is 5.13. The lowest BCUT2D eigenvalue weighted by Crippen LogP contribution is -2.27. The number of hydrogen-bond acceptors (Lipinski definition) is 2. The summed E-state index contributed by atoms with van der Waals surface area (Å²) in [6.45, 7) is 8.44. The molecule has 1 saturated carbocycles. The van der Waals surface area contributed by atoms with Gasteiger partial charge in [0, 0.05) is 12.6 Å². The average Bonchev–Trinajstić information content (AvgIpc) is 2.63. The molecule has 0 saturated heterocycles. The van der Waals surface area contributed by atoms with Gasteiger partial charge in [-0.2, -0.15) is 5.10 Å². The lowest BCUT2D eigenvalue weighted by molar-refractivity contribution is 0.257. The van der Waals surface area contributed by atoms with Gasteiger partial charge in [-0.3, -0.25) is 4.68 Å². The Bertz CT molecular complexity index is 352. The molecule has 17 heavy (non-hydrogen) atoms. The van der Waals surface area contributed by atoms with Crippen LogP contribution in [-0.2, 0) is 6.54 Å². The zero-order valence-corrected chi connectivity index (χ0v) is 11.4. The van der Waals surface area contributed by atoms with Crippen molar-refractivity contribution < 1.29 is 0 Å². The summed E-state index contributed by atoms with van der Waals surface area (Å²) in [6.07, 6.45) is 5.54. The van der Waals surface area contributed by atoms with Crippen molar-refractivity contribution in [3.63, 3.8) is 0 Å². The van der Waals surface area contributed by atoms with E-state index in [4.69, 9.17) is 0 Å². The number of nitrogens with zero attached hydrogens (tertiary/aromatic N) is 2. The maximum Gasteiger partial charge on any atom is 0.0597 e. The zero-order chi connectivity index (χ0) is 12.3. The lowest BCUT2D eigenvalue weighted by Gasteiger charge is -2.30. The van der Waals surface area contributed by atoms with Crippen LogP contribution in [0.1, 0.15) is 57.0 Å². The molecule has 0 aliphatic heterocycles. The molecule has 1 aromatic heterocycles. The standard InChI is InChI=1S/C14H25N3/c1-4-15-13(10-12-7-6-8-12)14-9-11(3)16-17(14)5-2/h9,12-13,15H,4-8,10H2,1-3H3. The van der Waals surface area contributed by atoms with Crippen molar-refractivity contribution in [2.24, 2.45) is 5.92 Å². The van der Waals surface area contributed by atoms with Crippen molar-refractivity contribution in [1.82, 2.24) is 15.1 Å². The number of aromatic nitrogens is 2. The first-order valence-electron chi connectivity index (χ1n) is 7.02. The van der Waals surface area contributed by atoms with E-state index in [2.05, 4.69) is 41.9 Å². The van der Waals surface area contributed by atoms with Crippen molar-refractivity contribution in [2.45, 2.75) is 59.0 Å². The van der Waals surface area contributed by atoms with Gasteiger partial charge in [-0.15, -0.1) is 0 Å². The van der Waals surface area contributed by atoms with E-state index in [1.54, 1.807) is 0 Å². The topological polar surface area (TPSA) is 29.9 Å². The van der Waals surface area contributed by atoms with Crippen LogP contribution in [0.4, 0.5) is 0 Å². The van der Waals surface area contributed by atoms with E-state index in [1.165, 1.54) is 31.4 Å². The van der Waals surface area contributed by atoms with Crippen LogP contribution in [0.25, 0.3) is 0 Å². The Labute approximate surface area is 105 Å². The summed E-state index contributed by atoms with van der Waals surface area (Å²) in [5.74, 6) is 0.930. The maximum absolute atomic E-state index is 4.56. The summed E-state index contributed by atoms with van der Waals surface area (Å²) in [5, 5.41) is 8.19. The average molecular weight is 235 g/mol. The van der Waals surface area contributed by atoms with Gasteiger partial charge in [0.1, 0.15) is 0 Å². The van der Waals surface area contributed by atoms with E-state index in [0.717, 1.165) is 24.7 Å². The Morgan fingerprint density at radius 1 is 1.47 bits per heavy atom. The molecule has 0 radical (unpaired) electrons. The first-order chi connectivity index (χ1) is 8.24. The number of rotatable bonds is 6. The van der Waals surface area contributed by atoms with Crippen molar-refractivity contribution in [2.75, 3.05) is 6.54 Å². The van der Waals surface area contributed by atoms with E-state index in [9.17, 15) is 0 Å². The van der Waals surface area contributed by atoms with E-state index in [-0.39, 0.29) is 0 Å². The minimum absolute atomic E-state index is 0.492. The van der Waals surface area contributed by atoms with Crippen LogP contribution in [0.5, 0.6) is 0 Å². The van der Waals surface area contributed by atoms with Crippen LogP contribution in [0, 0.1) is 12.8 Å². The minimum Gasteiger partial charge on any atom is -0.309 e. The second-order valence-corrected chi connectivity index (χ2v) is 5.17. The molecule has 0 amide bonds. The fraction of sp³-hybridized carbons (Fsp3) is 0.786. The Kier molecular flexibility index (Phi) is 4.21. The van der Waals surface area contributed by atoms with Gasteiger partial charge in [0.05, 0.1) is 11.4 Å². The van der Waals surface area contributed by atoms with Crippen LogP contribution in [-0.4, -0.2) is 16.3 Å². The third kappa shape index (κ3) is 2.89. The highest BCUT2D eigenvalue weighted by Gasteiger charge is 2.24. The molecule has 1 heterocycles. The molecule has 1 unspecified atom stereocenters. The maximum atomic E-state index is 4.56. The highest BCUT2D eigenvalue weighted by atomic mass is 15.3. The van der Waals surface area contributed by atoms with Crippen LogP contribution < -0.4 is 5.32 Å². The van der Waals surface area contributed by atoms with E-state index >= 15 is 0 Å². The fourth-order valence-electron chi connectivity index (χ4n) is 2.72. The third-order valence-electron chi connectivity index (χ3n) is 3.83. The predicted molar refractivity (Wildman–Crippen MR) is 71.0 cm³/mol. The van der Waals surface area contributed by atoms with Crippen molar-refractivity contribution in [3.05, 3.63) is 17.5 Å². The molecule has 1 fully saturated rings. The van der Waals surface area contributed by atoms with Gasteiger partial charge in [-0.25, -0.2) is 0 Å². The Morgan fingerprint density at radius 2 is 2.24 bits per heavy atom. The van der Waals surface area contributed by atoms with Crippen molar-refractivity contribution in [3.8, 4) is 0 Å². The summed E-state index contributed by atoms with van der Waals surface area (Å²) in [6, 6.07) is 2.74. The lowest BCUT2D eigenvalue weighted by atomic mass is 9.80. The SMILES string of the molecule is CCNC(CC1CCC1)c1cc(C)nn1CC. The molecule has 2 rings (SSSR count). The Morgan fingerprint density at radius 3 is 2.76 bits per heavy atom. The van der Waals surface area contributed by atoms with Crippen molar-refractivity contribution in [1.29, 1.82) is 0 Å². The molecule has 1 aliphatic carbocycles. The molecule has 0 bridgehead atoms. The van der Waals surface area contributed by atoms with Gasteiger partial charge in [0.2, 0.25) is 0 Å². The Hall–Kier alpha value is -0.830. The second-order valence-electron chi connectivity index (χ2n) is 5.17. The molecule has 1 atom stereocenters. The molecule has 0 spiro atoms. The molecule has 96 valence electrons. The predicted octanol–water partition coefficient (Wildman–Crippen LogP) is 3.05. The van der Waals surface area contributed by atoms with Crippen LogP contribution in [0.2, 0.25) is 0 Å². The van der Waals surface area contributed by atoms with Crippen molar-refractivity contribution >= 4 is 0 Å². The smallest absolute Gasteiger partial charge is 0.0597 e. The van der Waals surface area contributed by atoms with Gasteiger partial charge >= 0.3 is 0 Å². The molecule has 1 aromatic rings. The molecular formula is C14H25N3. The third-order valence-corrected chi connectivity index (χ3v) is 3.83. The summed E-state index contributed by atoms with van der Waals surface area (Å²) >= 11 is 0. The molecule has 0 aromatic carbocycles. The first-order valence-corrected chi connectivity index (χ1v) is 7.02. The van der Waals surface area contributed by atoms with E-state index < -0.39 is 0 Å². The van der Waals surface area contributed by atoms with Gasteiger partial charge < -0.3 is 5.32 Å². The molecule has 3 heteroatoms. The molecule has 1 N–H and O–H groups in total. The quantitative estimate of drug-likeness (QED) is 0.821. The minimum atomic E-state index is 0.492.